The fraction of sp³-hybridized carbons (Fsp3) is 0.692. The maximum absolute atomic E-state index is 11.6. The molecule has 1 heterocycles. The van der Waals surface area contributed by atoms with E-state index in [0.29, 0.717) is 10.5 Å². The van der Waals surface area contributed by atoms with Crippen LogP contribution in [0, 0.1) is 0 Å². The molecular formula is C13H23BrN4O. The molecule has 0 aliphatic carbocycles. The van der Waals surface area contributed by atoms with Crippen LogP contribution >= 0.6 is 15.9 Å². The summed E-state index contributed by atoms with van der Waals surface area (Å²) in [7, 11) is 3.78. The summed E-state index contributed by atoms with van der Waals surface area (Å²) >= 11 is 3.30. The van der Waals surface area contributed by atoms with Crippen LogP contribution in [0.2, 0.25) is 0 Å². The van der Waals surface area contributed by atoms with Crippen molar-refractivity contribution in [1.29, 1.82) is 0 Å². The number of hydrogen-bond donors (Lipinski definition) is 1. The molecule has 0 aliphatic heterocycles. The van der Waals surface area contributed by atoms with Gasteiger partial charge in [-0.25, -0.2) is 4.68 Å². The van der Waals surface area contributed by atoms with Gasteiger partial charge in [-0.2, -0.15) is 5.10 Å². The van der Waals surface area contributed by atoms with Crippen LogP contribution in [0.4, 0.5) is 5.69 Å². The Hall–Kier alpha value is -0.880. The van der Waals surface area contributed by atoms with Gasteiger partial charge in [0.1, 0.15) is 4.47 Å². The Morgan fingerprint density at radius 2 is 2.16 bits per heavy atom. The van der Waals surface area contributed by atoms with Crippen molar-refractivity contribution >= 4 is 21.6 Å². The smallest absolute Gasteiger partial charge is 0.282 e. The van der Waals surface area contributed by atoms with Gasteiger partial charge in [0.15, 0.2) is 0 Å². The van der Waals surface area contributed by atoms with Gasteiger partial charge in [-0.1, -0.05) is 0 Å². The van der Waals surface area contributed by atoms with Gasteiger partial charge in [-0.05, 0) is 56.2 Å². The number of aryl methyl sites for hydroxylation is 1. The second-order valence-electron chi connectivity index (χ2n) is 5.01. The van der Waals surface area contributed by atoms with Gasteiger partial charge in [0.2, 0.25) is 0 Å². The number of nitrogens with one attached hydrogen (secondary N) is 1. The average molecular weight is 331 g/mol. The maximum Gasteiger partial charge on any atom is 0.282 e. The molecule has 0 saturated heterocycles. The van der Waals surface area contributed by atoms with Crippen LogP contribution in [0.15, 0.2) is 15.5 Å². The topological polar surface area (TPSA) is 50.2 Å². The molecule has 1 rings (SSSR count). The van der Waals surface area contributed by atoms with Gasteiger partial charge < -0.3 is 10.2 Å². The van der Waals surface area contributed by atoms with Gasteiger partial charge in [0, 0.05) is 19.6 Å². The molecule has 5 nitrogen and oxygen atoms in total. The zero-order chi connectivity index (χ0) is 14.4. The molecule has 0 atom stereocenters. The third-order valence-corrected chi connectivity index (χ3v) is 3.98. The highest BCUT2D eigenvalue weighted by Gasteiger charge is 2.06. The first-order valence-electron chi connectivity index (χ1n) is 6.59. The number of hydrogen-bond acceptors (Lipinski definition) is 4. The summed E-state index contributed by atoms with van der Waals surface area (Å²) in [6.45, 7) is 6.33. The molecule has 1 aromatic rings. The van der Waals surface area contributed by atoms with Crippen molar-refractivity contribution in [3.63, 3.8) is 0 Å². The third-order valence-electron chi connectivity index (χ3n) is 3.21. The lowest BCUT2D eigenvalue weighted by molar-refractivity contribution is 0.269. The van der Waals surface area contributed by atoms with E-state index in [9.17, 15) is 4.79 Å². The van der Waals surface area contributed by atoms with Crippen molar-refractivity contribution < 1.29 is 0 Å². The predicted octanol–water partition coefficient (Wildman–Crippen LogP) is 2.08. The monoisotopic (exact) mass is 330 g/mol. The Morgan fingerprint density at radius 3 is 2.79 bits per heavy atom. The second kappa shape index (κ2) is 7.65. The van der Waals surface area contributed by atoms with Crippen LogP contribution in [0.5, 0.6) is 0 Å². The summed E-state index contributed by atoms with van der Waals surface area (Å²) in [5.74, 6) is 0. The molecule has 1 N–H and O–H groups in total. The minimum Gasteiger partial charge on any atom is -0.383 e. The summed E-state index contributed by atoms with van der Waals surface area (Å²) in [6, 6.07) is 0.587. The Kier molecular flexibility index (Phi) is 6.51. The van der Waals surface area contributed by atoms with Crippen LogP contribution in [0.25, 0.3) is 0 Å². The number of unbranched alkanes of at least 4 members (excludes halogenated alkanes) is 1. The summed E-state index contributed by atoms with van der Waals surface area (Å²) in [4.78, 5) is 14.0. The SMILES string of the molecule is CC(C)N(C)CCCCNc1cnn(C)c(=O)c1Br. The predicted molar refractivity (Wildman–Crippen MR) is 82.7 cm³/mol. The van der Waals surface area contributed by atoms with Gasteiger partial charge in [-0.15, -0.1) is 0 Å². The van der Waals surface area contributed by atoms with Crippen molar-refractivity contribution in [3.8, 4) is 0 Å². The molecule has 0 spiro atoms. The average Bonchev–Trinajstić information content (AvgIpc) is 2.37. The highest BCUT2D eigenvalue weighted by Crippen LogP contribution is 2.15. The number of anilines is 1. The summed E-state index contributed by atoms with van der Waals surface area (Å²) in [5.41, 5.74) is 0.643. The van der Waals surface area contributed by atoms with Crippen molar-refractivity contribution in [2.45, 2.75) is 32.7 Å². The summed E-state index contributed by atoms with van der Waals surface area (Å²) in [6.07, 6.45) is 3.88. The number of halogens is 1. The Balaban J connectivity index is 2.35. The van der Waals surface area contributed by atoms with E-state index in [1.54, 1.807) is 13.2 Å². The van der Waals surface area contributed by atoms with E-state index in [1.165, 1.54) is 4.68 Å². The molecule has 0 bridgehead atoms. The highest BCUT2D eigenvalue weighted by molar-refractivity contribution is 9.10. The lowest BCUT2D eigenvalue weighted by atomic mass is 10.2. The molecule has 6 heteroatoms. The van der Waals surface area contributed by atoms with Gasteiger partial charge in [0.25, 0.3) is 5.56 Å². The number of nitrogens with zero attached hydrogens (tertiary/aromatic N) is 3. The van der Waals surface area contributed by atoms with E-state index >= 15 is 0 Å². The van der Waals surface area contributed by atoms with E-state index < -0.39 is 0 Å². The minimum absolute atomic E-state index is 0.121. The van der Waals surface area contributed by atoms with E-state index in [1.807, 2.05) is 0 Å². The van der Waals surface area contributed by atoms with Crippen LogP contribution in [-0.4, -0.2) is 40.9 Å². The first-order chi connectivity index (χ1) is 8.93. The number of rotatable bonds is 7. The molecule has 0 radical (unpaired) electrons. The summed E-state index contributed by atoms with van der Waals surface area (Å²) in [5, 5.41) is 7.24. The van der Waals surface area contributed by atoms with Gasteiger partial charge in [-0.3, -0.25) is 4.79 Å². The van der Waals surface area contributed by atoms with E-state index in [4.69, 9.17) is 0 Å². The standard InChI is InChI=1S/C13H23BrN4O/c1-10(2)17(3)8-6-5-7-15-11-9-16-18(4)13(19)12(11)14/h9-10,15H,5-8H2,1-4H3. The Bertz CT molecular complexity index is 458. The van der Waals surface area contributed by atoms with E-state index in [0.717, 1.165) is 31.6 Å². The van der Waals surface area contributed by atoms with Crippen molar-refractivity contribution in [2.75, 3.05) is 25.5 Å². The first kappa shape index (κ1) is 16.2. The lowest BCUT2D eigenvalue weighted by Gasteiger charge is -2.20. The maximum atomic E-state index is 11.6. The first-order valence-corrected chi connectivity index (χ1v) is 7.38. The van der Waals surface area contributed by atoms with Gasteiger partial charge in [0.05, 0.1) is 11.9 Å². The zero-order valence-electron chi connectivity index (χ0n) is 12.1. The van der Waals surface area contributed by atoms with Gasteiger partial charge >= 0.3 is 0 Å². The largest absolute Gasteiger partial charge is 0.383 e. The molecule has 0 fully saturated rings. The fourth-order valence-corrected chi connectivity index (χ4v) is 2.10. The molecule has 0 saturated carbocycles. The fourth-order valence-electron chi connectivity index (χ4n) is 1.60. The number of aromatic nitrogens is 2. The third kappa shape index (κ3) is 4.95. The van der Waals surface area contributed by atoms with Crippen LogP contribution in [0.1, 0.15) is 26.7 Å². The summed E-state index contributed by atoms with van der Waals surface area (Å²) < 4.78 is 1.86. The Labute approximate surface area is 123 Å². The molecular weight excluding hydrogens is 308 g/mol. The van der Waals surface area contributed by atoms with E-state index in [-0.39, 0.29) is 5.56 Å². The van der Waals surface area contributed by atoms with Crippen molar-refractivity contribution in [2.24, 2.45) is 7.05 Å². The molecule has 19 heavy (non-hydrogen) atoms. The molecule has 108 valence electrons. The molecule has 0 aromatic carbocycles. The Morgan fingerprint density at radius 1 is 1.47 bits per heavy atom. The van der Waals surface area contributed by atoms with Crippen molar-refractivity contribution in [3.05, 3.63) is 21.0 Å². The molecule has 1 aromatic heterocycles. The van der Waals surface area contributed by atoms with Crippen LogP contribution in [0.3, 0.4) is 0 Å². The molecule has 0 amide bonds. The minimum atomic E-state index is -0.121. The van der Waals surface area contributed by atoms with Crippen molar-refractivity contribution in [1.82, 2.24) is 14.7 Å². The quantitative estimate of drug-likeness (QED) is 0.777. The zero-order valence-corrected chi connectivity index (χ0v) is 13.7. The normalized spacial score (nSPS) is 11.3. The molecule has 0 unspecified atom stereocenters. The van der Waals surface area contributed by atoms with Crippen LogP contribution < -0.4 is 10.9 Å². The second-order valence-corrected chi connectivity index (χ2v) is 5.80. The molecule has 0 aliphatic rings. The van der Waals surface area contributed by atoms with E-state index in [2.05, 4.69) is 52.1 Å². The highest BCUT2D eigenvalue weighted by atomic mass is 79.9. The lowest BCUT2D eigenvalue weighted by Crippen LogP contribution is -2.27. The van der Waals surface area contributed by atoms with Crippen LogP contribution in [-0.2, 0) is 7.05 Å².